The molecule has 0 unspecified atom stereocenters. The van der Waals surface area contributed by atoms with E-state index in [2.05, 4.69) is 10.6 Å². The van der Waals surface area contributed by atoms with Gasteiger partial charge in [0.25, 0.3) is 0 Å². The van der Waals surface area contributed by atoms with Crippen LogP contribution in [0.15, 0.2) is 0 Å². The van der Waals surface area contributed by atoms with Gasteiger partial charge in [0, 0.05) is 26.2 Å². The number of carboxylic acid groups (broad SMARTS) is 2. The molecule has 0 aromatic rings. The molecule has 0 atom stereocenters. The molecule has 0 aliphatic carbocycles. The van der Waals surface area contributed by atoms with Gasteiger partial charge in [-0.3, -0.25) is 0 Å². The van der Waals surface area contributed by atoms with E-state index in [0.717, 1.165) is 13.1 Å². The van der Waals surface area contributed by atoms with E-state index in [9.17, 15) is 0 Å². The molecule has 0 aromatic heterocycles. The van der Waals surface area contributed by atoms with Gasteiger partial charge >= 0.3 is 6.16 Å². The lowest BCUT2D eigenvalue weighted by molar-refractivity contribution is 0.137. The van der Waals surface area contributed by atoms with Gasteiger partial charge < -0.3 is 31.1 Å². The van der Waals surface area contributed by atoms with Gasteiger partial charge in [0.2, 0.25) is 0 Å². The summed E-state index contributed by atoms with van der Waals surface area (Å²) in [6, 6.07) is 0. The molecule has 7 nitrogen and oxygen atoms in total. The third-order valence-corrected chi connectivity index (χ3v) is 1.06. The molecule has 0 radical (unpaired) electrons. The molecule has 0 aromatic carbocycles. The molecule has 0 aliphatic rings. The average molecular weight is 210 g/mol. The predicted octanol–water partition coefficient (Wildman–Crippen LogP) is -1.63. The molecule has 0 rings (SSSR count). The van der Waals surface area contributed by atoms with Crippen molar-refractivity contribution in [2.24, 2.45) is 0 Å². The van der Waals surface area contributed by atoms with Crippen LogP contribution in [0.5, 0.6) is 0 Å². The van der Waals surface area contributed by atoms with Crippen molar-refractivity contribution in [3.63, 3.8) is 0 Å². The Morgan fingerprint density at radius 3 is 1.36 bits per heavy atom. The van der Waals surface area contributed by atoms with Crippen molar-refractivity contribution in [1.29, 1.82) is 0 Å². The predicted molar refractivity (Wildman–Crippen MR) is 50.6 cm³/mol. The lowest BCUT2D eigenvalue weighted by atomic mass is 10.5. The van der Waals surface area contributed by atoms with Crippen LogP contribution in [-0.2, 0) is 0 Å². The summed E-state index contributed by atoms with van der Waals surface area (Å²) in [6.07, 6.45) is -1.83. The highest BCUT2D eigenvalue weighted by molar-refractivity contribution is 5.53. The monoisotopic (exact) mass is 210 g/mol. The van der Waals surface area contributed by atoms with Crippen LogP contribution < -0.4 is 10.6 Å². The smallest absolute Gasteiger partial charge is 0.450 e. The number of rotatable bonds is 7. The van der Waals surface area contributed by atoms with Gasteiger partial charge in [-0.1, -0.05) is 0 Å². The lowest BCUT2D eigenvalue weighted by Gasteiger charge is -2.02. The van der Waals surface area contributed by atoms with Crippen LogP contribution in [-0.4, -0.2) is 66.0 Å². The van der Waals surface area contributed by atoms with Crippen LogP contribution in [0.2, 0.25) is 0 Å². The lowest BCUT2D eigenvalue weighted by Crippen LogP contribution is -2.30. The largest absolute Gasteiger partial charge is 0.503 e. The van der Waals surface area contributed by atoms with E-state index >= 15 is 0 Å². The van der Waals surface area contributed by atoms with E-state index < -0.39 is 6.16 Å². The Labute approximate surface area is 82.4 Å². The van der Waals surface area contributed by atoms with Gasteiger partial charge in [0.05, 0.1) is 13.2 Å². The minimum atomic E-state index is -1.83. The Morgan fingerprint density at radius 1 is 0.857 bits per heavy atom. The highest BCUT2D eigenvalue weighted by atomic mass is 16.6. The van der Waals surface area contributed by atoms with Crippen molar-refractivity contribution >= 4 is 6.16 Å². The van der Waals surface area contributed by atoms with Gasteiger partial charge in [0.15, 0.2) is 0 Å². The fourth-order valence-electron chi connectivity index (χ4n) is 0.585. The van der Waals surface area contributed by atoms with E-state index in [1.165, 1.54) is 0 Å². The number of aliphatic hydroxyl groups excluding tert-OH is 2. The Bertz CT molecular complexity index is 111. The zero-order chi connectivity index (χ0) is 11.2. The van der Waals surface area contributed by atoms with E-state index in [-0.39, 0.29) is 13.2 Å². The molecule has 0 fully saturated rings. The number of carbonyl (C=O) groups is 1. The molecular weight excluding hydrogens is 192 g/mol. The number of hydrogen-bond acceptors (Lipinski definition) is 5. The average Bonchev–Trinajstić information content (AvgIpc) is 2.10. The maximum absolute atomic E-state index is 8.56. The zero-order valence-corrected chi connectivity index (χ0v) is 7.94. The third kappa shape index (κ3) is 30.4. The first-order chi connectivity index (χ1) is 6.65. The van der Waals surface area contributed by atoms with E-state index in [1.54, 1.807) is 0 Å². The van der Waals surface area contributed by atoms with Crippen molar-refractivity contribution in [3.8, 4) is 0 Å². The zero-order valence-electron chi connectivity index (χ0n) is 7.94. The standard InChI is InChI=1S/C6H16N2O2.CH2O3/c9-5-3-7-1-2-8-4-6-10;2-1(3)4/h7-10H,1-6H2;(H2,2,3,4). The summed E-state index contributed by atoms with van der Waals surface area (Å²) in [5.41, 5.74) is 0. The van der Waals surface area contributed by atoms with Crippen LogP contribution in [0, 0.1) is 0 Å². The van der Waals surface area contributed by atoms with E-state index in [1.807, 2.05) is 0 Å². The normalized spacial score (nSPS) is 9.00. The molecule has 0 spiro atoms. The second kappa shape index (κ2) is 14.6. The highest BCUT2D eigenvalue weighted by Gasteiger charge is 1.84. The quantitative estimate of drug-likeness (QED) is 0.279. The fourth-order valence-corrected chi connectivity index (χ4v) is 0.585. The van der Waals surface area contributed by atoms with Gasteiger partial charge in [0.1, 0.15) is 0 Å². The fraction of sp³-hybridized carbons (Fsp3) is 0.857. The molecule has 86 valence electrons. The van der Waals surface area contributed by atoms with Crippen molar-refractivity contribution in [2.75, 3.05) is 39.4 Å². The SMILES string of the molecule is O=C(O)O.OCCNCCNCCO. The molecule has 0 saturated carbocycles. The first kappa shape index (κ1) is 15.6. The topological polar surface area (TPSA) is 122 Å². The second-order valence-corrected chi connectivity index (χ2v) is 2.23. The molecule has 14 heavy (non-hydrogen) atoms. The van der Waals surface area contributed by atoms with Gasteiger partial charge in [-0.05, 0) is 0 Å². The maximum Gasteiger partial charge on any atom is 0.503 e. The summed E-state index contributed by atoms with van der Waals surface area (Å²) in [5, 5.41) is 36.6. The van der Waals surface area contributed by atoms with E-state index in [0.29, 0.717) is 13.1 Å². The maximum atomic E-state index is 8.56. The van der Waals surface area contributed by atoms with Crippen LogP contribution in [0.1, 0.15) is 0 Å². The van der Waals surface area contributed by atoms with E-state index in [4.69, 9.17) is 25.2 Å². The number of nitrogens with one attached hydrogen (secondary N) is 2. The van der Waals surface area contributed by atoms with Crippen LogP contribution in [0.4, 0.5) is 4.79 Å². The Morgan fingerprint density at radius 2 is 1.14 bits per heavy atom. The Kier molecular flexibility index (Phi) is 16.3. The number of hydrogen-bond donors (Lipinski definition) is 6. The summed E-state index contributed by atoms with van der Waals surface area (Å²) >= 11 is 0. The van der Waals surface area contributed by atoms with Crippen molar-refractivity contribution in [1.82, 2.24) is 10.6 Å². The molecule has 0 heterocycles. The second-order valence-electron chi connectivity index (χ2n) is 2.23. The van der Waals surface area contributed by atoms with Crippen molar-refractivity contribution < 1.29 is 25.2 Å². The van der Waals surface area contributed by atoms with Crippen molar-refractivity contribution in [2.45, 2.75) is 0 Å². The summed E-state index contributed by atoms with van der Waals surface area (Å²) < 4.78 is 0. The van der Waals surface area contributed by atoms with Gasteiger partial charge in [-0.2, -0.15) is 0 Å². The third-order valence-electron chi connectivity index (χ3n) is 1.06. The molecule has 0 bridgehead atoms. The summed E-state index contributed by atoms with van der Waals surface area (Å²) in [7, 11) is 0. The van der Waals surface area contributed by atoms with Gasteiger partial charge in [-0.15, -0.1) is 0 Å². The molecule has 6 N–H and O–H groups in total. The summed E-state index contributed by atoms with van der Waals surface area (Å²) in [4.78, 5) is 8.56. The van der Waals surface area contributed by atoms with Crippen LogP contribution in [0.3, 0.4) is 0 Å². The minimum absolute atomic E-state index is 0.181. The highest BCUT2D eigenvalue weighted by Crippen LogP contribution is 1.59. The Balaban J connectivity index is 0. The van der Waals surface area contributed by atoms with Crippen molar-refractivity contribution in [3.05, 3.63) is 0 Å². The first-order valence-electron chi connectivity index (χ1n) is 4.20. The first-order valence-corrected chi connectivity index (χ1v) is 4.20. The molecular formula is C7H18N2O5. The minimum Gasteiger partial charge on any atom is -0.450 e. The molecule has 0 saturated heterocycles. The van der Waals surface area contributed by atoms with Crippen LogP contribution in [0.25, 0.3) is 0 Å². The Hall–Kier alpha value is -0.890. The molecule has 7 heteroatoms. The van der Waals surface area contributed by atoms with Gasteiger partial charge in [-0.25, -0.2) is 4.79 Å². The van der Waals surface area contributed by atoms with Crippen LogP contribution >= 0.6 is 0 Å². The number of aliphatic hydroxyl groups is 2. The molecule has 0 amide bonds. The summed E-state index contributed by atoms with van der Waals surface area (Å²) in [5.74, 6) is 0. The summed E-state index contributed by atoms with van der Waals surface area (Å²) in [6.45, 7) is 3.31. The molecule has 0 aliphatic heterocycles.